The minimum Gasteiger partial charge on any atom is -0.308 e. The molecule has 0 aromatic carbocycles. The van der Waals surface area contributed by atoms with Crippen LogP contribution in [0.15, 0.2) is 5.38 Å². The van der Waals surface area contributed by atoms with Gasteiger partial charge in [0.05, 0.1) is 11.2 Å². The average Bonchev–Trinajstić information content (AvgIpc) is 2.88. The SMILES string of the molecule is CNC1(c2nc(C(C)(C)C)cs2)CCCC(C(C)C)C1. The summed E-state index contributed by atoms with van der Waals surface area (Å²) in [5.74, 6) is 1.59. The summed E-state index contributed by atoms with van der Waals surface area (Å²) in [6, 6.07) is 0. The molecule has 1 N–H and O–H groups in total. The van der Waals surface area contributed by atoms with Crippen molar-refractivity contribution in [3.05, 3.63) is 16.1 Å². The van der Waals surface area contributed by atoms with Crippen molar-refractivity contribution in [2.75, 3.05) is 7.05 Å². The van der Waals surface area contributed by atoms with E-state index in [1.165, 1.54) is 36.4 Å². The molecule has 1 saturated carbocycles. The largest absolute Gasteiger partial charge is 0.308 e. The molecule has 2 nitrogen and oxygen atoms in total. The molecule has 20 heavy (non-hydrogen) atoms. The van der Waals surface area contributed by atoms with Gasteiger partial charge in [-0.15, -0.1) is 11.3 Å². The smallest absolute Gasteiger partial charge is 0.113 e. The molecule has 1 heterocycles. The van der Waals surface area contributed by atoms with Gasteiger partial charge in [-0.05, 0) is 31.7 Å². The highest BCUT2D eigenvalue weighted by Gasteiger charge is 2.40. The Morgan fingerprint density at radius 2 is 2.10 bits per heavy atom. The molecule has 114 valence electrons. The van der Waals surface area contributed by atoms with E-state index < -0.39 is 0 Å². The van der Waals surface area contributed by atoms with Gasteiger partial charge in [0.15, 0.2) is 0 Å². The summed E-state index contributed by atoms with van der Waals surface area (Å²) in [5.41, 5.74) is 1.50. The molecule has 0 saturated heterocycles. The molecule has 1 aromatic heterocycles. The molecule has 3 heteroatoms. The Hall–Kier alpha value is -0.410. The van der Waals surface area contributed by atoms with E-state index in [0.717, 1.165) is 11.8 Å². The van der Waals surface area contributed by atoms with E-state index in [1.54, 1.807) is 0 Å². The van der Waals surface area contributed by atoms with E-state index in [1.807, 2.05) is 11.3 Å². The predicted molar refractivity (Wildman–Crippen MR) is 88.3 cm³/mol. The van der Waals surface area contributed by atoms with Crippen LogP contribution in [0.1, 0.15) is 71.0 Å². The fourth-order valence-electron chi connectivity index (χ4n) is 3.25. The second-order valence-corrected chi connectivity index (χ2v) is 8.58. The van der Waals surface area contributed by atoms with Crippen LogP contribution in [0.4, 0.5) is 0 Å². The van der Waals surface area contributed by atoms with Crippen LogP contribution in [-0.2, 0) is 11.0 Å². The first-order valence-electron chi connectivity index (χ1n) is 7.94. The van der Waals surface area contributed by atoms with Crippen LogP contribution in [0, 0.1) is 11.8 Å². The molecule has 0 radical (unpaired) electrons. The summed E-state index contributed by atoms with van der Waals surface area (Å²) in [6.45, 7) is 11.5. The third-order valence-corrected chi connectivity index (χ3v) is 5.94. The van der Waals surface area contributed by atoms with E-state index in [-0.39, 0.29) is 11.0 Å². The average molecular weight is 295 g/mol. The topological polar surface area (TPSA) is 24.9 Å². The zero-order chi connectivity index (χ0) is 15.0. The van der Waals surface area contributed by atoms with Gasteiger partial charge in [0.2, 0.25) is 0 Å². The van der Waals surface area contributed by atoms with Crippen molar-refractivity contribution in [1.82, 2.24) is 10.3 Å². The molecule has 1 aliphatic carbocycles. The number of rotatable bonds is 3. The predicted octanol–water partition coefficient (Wildman–Crippen LogP) is 4.70. The quantitative estimate of drug-likeness (QED) is 0.874. The summed E-state index contributed by atoms with van der Waals surface area (Å²) >= 11 is 1.85. The summed E-state index contributed by atoms with van der Waals surface area (Å²) in [5, 5.41) is 7.19. The molecule has 2 unspecified atom stereocenters. The van der Waals surface area contributed by atoms with Gasteiger partial charge in [-0.25, -0.2) is 4.98 Å². The lowest BCUT2D eigenvalue weighted by molar-refractivity contribution is 0.155. The molecular weight excluding hydrogens is 264 g/mol. The van der Waals surface area contributed by atoms with Gasteiger partial charge in [-0.2, -0.15) is 0 Å². The lowest BCUT2D eigenvalue weighted by Crippen LogP contribution is -2.45. The monoisotopic (exact) mass is 294 g/mol. The first-order valence-corrected chi connectivity index (χ1v) is 8.82. The molecular formula is C17H30N2S. The van der Waals surface area contributed by atoms with Crippen molar-refractivity contribution in [2.45, 2.75) is 71.3 Å². The maximum atomic E-state index is 5.00. The fraction of sp³-hybridized carbons (Fsp3) is 0.824. The second kappa shape index (κ2) is 5.76. The van der Waals surface area contributed by atoms with Crippen LogP contribution in [0.2, 0.25) is 0 Å². The standard InChI is InChI=1S/C17H30N2S/c1-12(2)13-8-7-9-17(10-13,18-6)15-19-14(11-20-15)16(3,4)5/h11-13,18H,7-10H2,1-6H3. The number of nitrogens with one attached hydrogen (secondary N) is 1. The highest BCUT2D eigenvalue weighted by Crippen LogP contribution is 2.44. The van der Waals surface area contributed by atoms with Gasteiger partial charge < -0.3 is 5.32 Å². The summed E-state index contributed by atoms with van der Waals surface area (Å²) in [6.07, 6.45) is 5.15. The van der Waals surface area contributed by atoms with Crippen LogP contribution in [0.3, 0.4) is 0 Å². The Labute approximate surface area is 128 Å². The third kappa shape index (κ3) is 3.09. The van der Waals surface area contributed by atoms with Gasteiger partial charge in [-0.1, -0.05) is 47.5 Å². The van der Waals surface area contributed by atoms with Crippen molar-refractivity contribution in [3.63, 3.8) is 0 Å². The maximum Gasteiger partial charge on any atom is 0.113 e. The molecule has 0 aliphatic heterocycles. The van der Waals surface area contributed by atoms with Crippen LogP contribution >= 0.6 is 11.3 Å². The van der Waals surface area contributed by atoms with Crippen LogP contribution in [0.5, 0.6) is 0 Å². The minimum atomic E-state index is 0.112. The Kier molecular flexibility index (Phi) is 4.60. The van der Waals surface area contributed by atoms with Crippen molar-refractivity contribution in [2.24, 2.45) is 11.8 Å². The third-order valence-electron chi connectivity index (χ3n) is 4.89. The Bertz CT molecular complexity index is 444. The highest BCUT2D eigenvalue weighted by molar-refractivity contribution is 7.09. The molecule has 1 aromatic rings. The molecule has 2 rings (SSSR count). The van der Waals surface area contributed by atoms with Gasteiger partial charge in [0, 0.05) is 10.8 Å². The summed E-state index contributed by atoms with van der Waals surface area (Å²) < 4.78 is 0. The molecule has 0 bridgehead atoms. The van der Waals surface area contributed by atoms with Crippen molar-refractivity contribution < 1.29 is 0 Å². The highest BCUT2D eigenvalue weighted by atomic mass is 32.1. The normalized spacial score (nSPS) is 28.1. The van der Waals surface area contributed by atoms with Gasteiger partial charge >= 0.3 is 0 Å². The zero-order valence-corrected chi connectivity index (χ0v) is 14.7. The lowest BCUT2D eigenvalue weighted by atomic mass is 9.72. The number of nitrogens with zero attached hydrogens (tertiary/aromatic N) is 1. The molecule has 0 spiro atoms. The fourth-order valence-corrected chi connectivity index (χ4v) is 4.55. The van der Waals surface area contributed by atoms with E-state index in [0.29, 0.717) is 0 Å². The summed E-state index contributed by atoms with van der Waals surface area (Å²) in [7, 11) is 2.11. The first kappa shape index (κ1) is 16.0. The number of hydrogen-bond donors (Lipinski definition) is 1. The van der Waals surface area contributed by atoms with Crippen LogP contribution < -0.4 is 5.32 Å². The van der Waals surface area contributed by atoms with Crippen molar-refractivity contribution >= 4 is 11.3 Å². The van der Waals surface area contributed by atoms with Gasteiger partial charge in [0.25, 0.3) is 0 Å². The van der Waals surface area contributed by atoms with E-state index in [9.17, 15) is 0 Å². The number of aromatic nitrogens is 1. The first-order chi connectivity index (χ1) is 9.28. The summed E-state index contributed by atoms with van der Waals surface area (Å²) in [4.78, 5) is 5.00. The van der Waals surface area contributed by atoms with Gasteiger partial charge in [-0.3, -0.25) is 0 Å². The molecule has 2 atom stereocenters. The Balaban J connectivity index is 2.29. The molecule has 1 fully saturated rings. The van der Waals surface area contributed by atoms with E-state index in [2.05, 4.69) is 52.4 Å². The Morgan fingerprint density at radius 1 is 1.40 bits per heavy atom. The van der Waals surface area contributed by atoms with Crippen molar-refractivity contribution in [3.8, 4) is 0 Å². The van der Waals surface area contributed by atoms with Crippen LogP contribution in [0.25, 0.3) is 0 Å². The number of thiazole rings is 1. The zero-order valence-electron chi connectivity index (χ0n) is 13.9. The molecule has 0 amide bonds. The minimum absolute atomic E-state index is 0.112. The second-order valence-electron chi connectivity index (χ2n) is 7.72. The van der Waals surface area contributed by atoms with E-state index >= 15 is 0 Å². The molecule has 1 aliphatic rings. The lowest BCUT2D eigenvalue weighted by Gasteiger charge is -2.41. The number of hydrogen-bond acceptors (Lipinski definition) is 3. The van der Waals surface area contributed by atoms with Crippen molar-refractivity contribution in [1.29, 1.82) is 0 Å². The Morgan fingerprint density at radius 3 is 2.60 bits per heavy atom. The van der Waals surface area contributed by atoms with Crippen LogP contribution in [-0.4, -0.2) is 12.0 Å². The maximum absolute atomic E-state index is 5.00. The van der Waals surface area contributed by atoms with Gasteiger partial charge in [0.1, 0.15) is 5.01 Å². The van der Waals surface area contributed by atoms with E-state index in [4.69, 9.17) is 4.98 Å².